The third-order valence-corrected chi connectivity index (χ3v) is 5.51. The van der Waals surface area contributed by atoms with Crippen LogP contribution in [0.15, 0.2) is 54.4 Å². The number of hydrazine groups is 1. The first-order chi connectivity index (χ1) is 15.4. The largest absolute Gasteiger partial charge is 0.489 e. The predicted molar refractivity (Wildman–Crippen MR) is 124 cm³/mol. The number of carbonyl (C=O) groups is 1. The number of amides is 1. The maximum absolute atomic E-state index is 12.4. The van der Waals surface area contributed by atoms with Crippen molar-refractivity contribution < 1.29 is 14.3 Å². The van der Waals surface area contributed by atoms with Crippen LogP contribution in [-0.2, 0) is 11.3 Å². The van der Waals surface area contributed by atoms with E-state index in [-0.39, 0.29) is 12.7 Å². The first kappa shape index (κ1) is 23.4. The van der Waals surface area contributed by atoms with Crippen LogP contribution in [0.1, 0.15) is 43.4 Å². The monoisotopic (exact) mass is 439 g/mol. The highest BCUT2D eigenvalue weighted by Gasteiger charge is 2.17. The first-order valence-electron chi connectivity index (χ1n) is 11.0. The first-order valence-corrected chi connectivity index (χ1v) is 11.0. The number of ether oxygens (including phenoxy) is 2. The molecule has 1 heterocycles. The van der Waals surface area contributed by atoms with Crippen LogP contribution in [0.5, 0.6) is 5.75 Å². The lowest BCUT2D eigenvalue weighted by molar-refractivity contribution is 0.111. The molecule has 0 radical (unpaired) electrons. The molecule has 8 heteroatoms. The van der Waals surface area contributed by atoms with Gasteiger partial charge in [0, 0.05) is 20.6 Å². The van der Waals surface area contributed by atoms with Crippen LogP contribution in [0.25, 0.3) is 5.70 Å². The number of likely N-dealkylation sites (N-methyl/N-ethyl adjacent to an activating group) is 1. The van der Waals surface area contributed by atoms with Gasteiger partial charge in [0.1, 0.15) is 12.4 Å². The van der Waals surface area contributed by atoms with Gasteiger partial charge < -0.3 is 25.1 Å². The molecule has 1 aliphatic rings. The Morgan fingerprint density at radius 2 is 1.81 bits per heavy atom. The zero-order valence-electron chi connectivity index (χ0n) is 18.9. The number of benzene rings is 1. The summed E-state index contributed by atoms with van der Waals surface area (Å²) < 4.78 is 11.5. The lowest BCUT2D eigenvalue weighted by Crippen LogP contribution is -2.33. The number of rotatable bonds is 8. The van der Waals surface area contributed by atoms with Crippen molar-refractivity contribution in [2.24, 2.45) is 11.6 Å². The number of hydrogen-bond donors (Lipinski definition) is 2. The van der Waals surface area contributed by atoms with E-state index >= 15 is 0 Å². The summed E-state index contributed by atoms with van der Waals surface area (Å²) in [5.41, 5.74) is 8.67. The molecule has 1 fully saturated rings. The molecule has 1 amide bonds. The Bertz CT molecular complexity index is 894. The Morgan fingerprint density at radius 1 is 1.09 bits per heavy atom. The van der Waals surface area contributed by atoms with E-state index in [0.29, 0.717) is 23.6 Å². The standard InChI is InChI=1S/C24H33N5O3/c1-28(16-18-9-5-3-6-10-18)24(30)31-17-22(29(2)26)23(25)21-14-13-20(15-27-21)32-19-11-7-4-8-12-19/h3,5-6,9-10,13-15,19H,4,7-8,11-12,16-17,25-26H2,1-2H3/b23-22-. The summed E-state index contributed by atoms with van der Waals surface area (Å²) in [4.78, 5) is 18.3. The van der Waals surface area contributed by atoms with E-state index in [1.165, 1.54) is 29.2 Å². The molecular formula is C24H33N5O3. The van der Waals surface area contributed by atoms with E-state index in [2.05, 4.69) is 4.98 Å². The van der Waals surface area contributed by atoms with Crippen LogP contribution >= 0.6 is 0 Å². The van der Waals surface area contributed by atoms with Crippen LogP contribution in [-0.4, -0.2) is 47.8 Å². The molecule has 0 bridgehead atoms. The summed E-state index contributed by atoms with van der Waals surface area (Å²) in [5.74, 6) is 6.68. The van der Waals surface area contributed by atoms with Gasteiger partial charge in [0.2, 0.25) is 0 Å². The number of pyridine rings is 1. The lowest BCUT2D eigenvalue weighted by atomic mass is 9.98. The van der Waals surface area contributed by atoms with Gasteiger partial charge in [-0.05, 0) is 43.4 Å². The zero-order valence-corrected chi connectivity index (χ0v) is 18.9. The summed E-state index contributed by atoms with van der Waals surface area (Å²) in [6.07, 6.45) is 7.30. The fourth-order valence-electron chi connectivity index (χ4n) is 3.66. The molecule has 0 spiro atoms. The van der Waals surface area contributed by atoms with Gasteiger partial charge in [0.05, 0.1) is 29.4 Å². The molecule has 0 aliphatic heterocycles. The highest BCUT2D eigenvalue weighted by atomic mass is 16.6. The molecule has 3 rings (SSSR count). The van der Waals surface area contributed by atoms with Crippen LogP contribution in [0.4, 0.5) is 4.79 Å². The van der Waals surface area contributed by atoms with Gasteiger partial charge in [-0.15, -0.1) is 0 Å². The van der Waals surface area contributed by atoms with E-state index < -0.39 is 6.09 Å². The molecule has 8 nitrogen and oxygen atoms in total. The number of aromatic nitrogens is 1. The van der Waals surface area contributed by atoms with Crippen molar-refractivity contribution >= 4 is 11.8 Å². The topological polar surface area (TPSA) is 107 Å². The Kier molecular flexibility index (Phi) is 8.33. The molecule has 0 saturated heterocycles. The van der Waals surface area contributed by atoms with Crippen molar-refractivity contribution in [3.63, 3.8) is 0 Å². The molecule has 172 valence electrons. The zero-order chi connectivity index (χ0) is 22.9. The number of hydrogen-bond acceptors (Lipinski definition) is 7. The molecule has 1 aromatic carbocycles. The third kappa shape index (κ3) is 6.62. The van der Waals surface area contributed by atoms with E-state index in [1.807, 2.05) is 36.4 Å². The summed E-state index contributed by atoms with van der Waals surface area (Å²) in [6.45, 7) is 0.371. The molecule has 1 saturated carbocycles. The number of nitrogens with zero attached hydrogens (tertiary/aromatic N) is 3. The molecule has 1 aromatic heterocycles. The number of nitrogens with two attached hydrogens (primary N) is 2. The Labute approximate surface area is 189 Å². The second-order valence-electron chi connectivity index (χ2n) is 8.12. The maximum atomic E-state index is 12.4. The van der Waals surface area contributed by atoms with Crippen molar-refractivity contribution in [3.05, 3.63) is 65.6 Å². The molecule has 0 unspecified atom stereocenters. The van der Waals surface area contributed by atoms with Gasteiger partial charge in [-0.3, -0.25) is 4.98 Å². The predicted octanol–water partition coefficient (Wildman–Crippen LogP) is 3.49. The Balaban J connectivity index is 1.61. The van der Waals surface area contributed by atoms with Gasteiger partial charge in [0.15, 0.2) is 0 Å². The van der Waals surface area contributed by atoms with Crippen molar-refractivity contribution in [1.29, 1.82) is 0 Å². The van der Waals surface area contributed by atoms with Crippen molar-refractivity contribution in [2.75, 3.05) is 20.7 Å². The highest BCUT2D eigenvalue weighted by molar-refractivity contribution is 5.68. The van der Waals surface area contributed by atoms with Gasteiger partial charge in [0.25, 0.3) is 0 Å². The summed E-state index contributed by atoms with van der Waals surface area (Å²) in [7, 11) is 3.32. The molecule has 0 atom stereocenters. The molecule has 4 N–H and O–H groups in total. The van der Waals surface area contributed by atoms with E-state index in [9.17, 15) is 4.79 Å². The SMILES string of the molecule is CN(Cc1ccccc1)C(=O)OC/C(=C(/N)c1ccc(OC2CCCCC2)cn1)N(C)N. The van der Waals surface area contributed by atoms with Gasteiger partial charge in [-0.25, -0.2) is 10.6 Å². The molecular weight excluding hydrogens is 406 g/mol. The summed E-state index contributed by atoms with van der Waals surface area (Å²) in [6, 6.07) is 13.3. The minimum absolute atomic E-state index is 0.0706. The average Bonchev–Trinajstić information content (AvgIpc) is 2.80. The quantitative estimate of drug-likeness (QED) is 0.479. The van der Waals surface area contributed by atoms with Gasteiger partial charge >= 0.3 is 6.09 Å². The normalized spacial score (nSPS) is 15.0. The third-order valence-electron chi connectivity index (χ3n) is 5.51. The summed E-state index contributed by atoms with van der Waals surface area (Å²) in [5, 5.41) is 1.34. The van der Waals surface area contributed by atoms with Gasteiger partial charge in [-0.2, -0.15) is 0 Å². The highest BCUT2D eigenvalue weighted by Crippen LogP contribution is 2.24. The van der Waals surface area contributed by atoms with E-state index in [0.717, 1.165) is 24.2 Å². The fraction of sp³-hybridized carbons (Fsp3) is 0.417. The molecule has 2 aromatic rings. The lowest BCUT2D eigenvalue weighted by Gasteiger charge is -2.23. The van der Waals surface area contributed by atoms with Crippen molar-refractivity contribution in [1.82, 2.24) is 14.9 Å². The second kappa shape index (κ2) is 11.4. The Morgan fingerprint density at radius 3 is 2.44 bits per heavy atom. The van der Waals surface area contributed by atoms with Gasteiger partial charge in [-0.1, -0.05) is 36.8 Å². The van der Waals surface area contributed by atoms with Crippen molar-refractivity contribution in [3.8, 4) is 5.75 Å². The molecule has 32 heavy (non-hydrogen) atoms. The smallest absolute Gasteiger partial charge is 0.410 e. The summed E-state index contributed by atoms with van der Waals surface area (Å²) >= 11 is 0. The minimum atomic E-state index is -0.467. The van der Waals surface area contributed by atoms with Crippen molar-refractivity contribution in [2.45, 2.75) is 44.8 Å². The Hall–Kier alpha value is -3.26. The van der Waals surface area contributed by atoms with Crippen LogP contribution in [0.2, 0.25) is 0 Å². The fourth-order valence-corrected chi connectivity index (χ4v) is 3.66. The molecule has 1 aliphatic carbocycles. The van der Waals surface area contributed by atoms with E-state index in [1.54, 1.807) is 26.4 Å². The minimum Gasteiger partial charge on any atom is -0.489 e. The van der Waals surface area contributed by atoms with Crippen LogP contribution in [0.3, 0.4) is 0 Å². The van der Waals surface area contributed by atoms with Crippen LogP contribution < -0.4 is 16.3 Å². The number of carbonyl (C=O) groups excluding carboxylic acids is 1. The van der Waals surface area contributed by atoms with E-state index in [4.69, 9.17) is 21.1 Å². The second-order valence-corrected chi connectivity index (χ2v) is 8.12. The average molecular weight is 440 g/mol. The maximum Gasteiger partial charge on any atom is 0.410 e. The van der Waals surface area contributed by atoms with Crippen LogP contribution in [0, 0.1) is 0 Å².